The Morgan fingerprint density at radius 3 is 1.14 bits per heavy atom. The van der Waals surface area contributed by atoms with Crippen molar-refractivity contribution >= 4 is 56.0 Å². The van der Waals surface area contributed by atoms with E-state index < -0.39 is 0 Å². The molecule has 0 aliphatic heterocycles. The zero-order chi connectivity index (χ0) is 28.3. The van der Waals surface area contributed by atoms with Crippen molar-refractivity contribution in [3.8, 4) is 0 Å². The van der Waals surface area contributed by atoms with E-state index in [9.17, 15) is 0 Å². The number of hydrogen-bond acceptors (Lipinski definition) is 2. The summed E-state index contributed by atoms with van der Waals surface area (Å²) in [6.07, 6.45) is 0. The normalized spacial score (nSPS) is 11.4. The molecule has 0 nitrogen and oxygen atoms in total. The second-order valence-corrected chi connectivity index (χ2v) is 14.6. The summed E-state index contributed by atoms with van der Waals surface area (Å²) >= 11 is 3.64. The van der Waals surface area contributed by atoms with Crippen LogP contribution in [-0.4, -0.2) is 0 Å². The average Bonchev–Trinajstić information content (AvgIpc) is 3.04. The molecule has 7 aromatic carbocycles. The first-order valence-corrected chi connectivity index (χ1v) is 16.9. The summed E-state index contributed by atoms with van der Waals surface area (Å²) in [7, 11) is -0.188. The van der Waals surface area contributed by atoms with E-state index in [1.54, 1.807) is 0 Å². The van der Waals surface area contributed by atoms with Crippen LogP contribution in [0, 0.1) is 6.92 Å². The minimum Gasteiger partial charge on any atom is -0.0901 e. The number of benzene rings is 7. The molecule has 0 spiro atoms. The van der Waals surface area contributed by atoms with Gasteiger partial charge in [0.05, 0.1) is 10.9 Å². The van der Waals surface area contributed by atoms with Gasteiger partial charge in [-0.25, -0.2) is 0 Å². The molecule has 0 heterocycles. The SMILES string of the molecule is Cc1ccc([S+](c2ccc(Sc3ccc4ccccc4c3)cc2)c2ccc(Sc3ccc4ccccc4c3)cc2)cc1. The van der Waals surface area contributed by atoms with Crippen LogP contribution < -0.4 is 0 Å². The molecule has 0 bridgehead atoms. The third-order valence-corrected chi connectivity index (χ3v) is 11.5. The highest BCUT2D eigenvalue weighted by atomic mass is 32.2. The third kappa shape index (κ3) is 6.00. The van der Waals surface area contributed by atoms with Gasteiger partial charge in [0.15, 0.2) is 14.7 Å². The summed E-state index contributed by atoms with van der Waals surface area (Å²) in [5.74, 6) is 0. The summed E-state index contributed by atoms with van der Waals surface area (Å²) in [5.41, 5.74) is 1.28. The van der Waals surface area contributed by atoms with Gasteiger partial charge in [-0.15, -0.1) is 0 Å². The molecular formula is C39H29S3+. The molecule has 0 radical (unpaired) electrons. The molecule has 7 rings (SSSR count). The molecule has 0 atom stereocenters. The Balaban J connectivity index is 1.15. The molecule has 0 amide bonds. The van der Waals surface area contributed by atoms with Crippen LogP contribution in [0.2, 0.25) is 0 Å². The van der Waals surface area contributed by atoms with Crippen LogP contribution in [0.1, 0.15) is 5.56 Å². The number of rotatable bonds is 7. The van der Waals surface area contributed by atoms with Crippen LogP contribution in [0.4, 0.5) is 0 Å². The number of aryl methyl sites for hydroxylation is 1. The smallest absolute Gasteiger partial charge is 0.0901 e. The number of hydrogen-bond donors (Lipinski definition) is 0. The van der Waals surface area contributed by atoms with Crippen molar-refractivity contribution in [1.82, 2.24) is 0 Å². The quantitative estimate of drug-likeness (QED) is 0.169. The summed E-state index contributed by atoms with van der Waals surface area (Å²) < 4.78 is 0. The molecule has 0 fully saturated rings. The van der Waals surface area contributed by atoms with Crippen LogP contribution >= 0.6 is 23.5 Å². The summed E-state index contributed by atoms with van der Waals surface area (Å²) in [6, 6.07) is 57.9. The Kier molecular flexibility index (Phi) is 7.80. The molecule has 0 aliphatic rings. The van der Waals surface area contributed by atoms with Crippen LogP contribution in [-0.2, 0) is 10.9 Å². The van der Waals surface area contributed by atoms with Gasteiger partial charge < -0.3 is 0 Å². The minimum atomic E-state index is -0.188. The summed E-state index contributed by atoms with van der Waals surface area (Å²) in [4.78, 5) is 9.03. The predicted molar refractivity (Wildman–Crippen MR) is 182 cm³/mol. The summed E-state index contributed by atoms with van der Waals surface area (Å²) in [5, 5.41) is 5.12. The molecule has 0 aromatic heterocycles. The Morgan fingerprint density at radius 1 is 0.357 bits per heavy atom. The van der Waals surface area contributed by atoms with Gasteiger partial charge in [0, 0.05) is 19.6 Å². The first-order valence-electron chi connectivity index (χ1n) is 14.0. The first-order chi connectivity index (χ1) is 20.7. The second kappa shape index (κ2) is 12.1. The van der Waals surface area contributed by atoms with Gasteiger partial charge >= 0.3 is 0 Å². The highest BCUT2D eigenvalue weighted by Crippen LogP contribution is 2.37. The van der Waals surface area contributed by atoms with E-state index in [2.05, 4.69) is 165 Å². The van der Waals surface area contributed by atoms with Gasteiger partial charge in [0.1, 0.15) is 0 Å². The van der Waals surface area contributed by atoms with E-state index in [-0.39, 0.29) is 10.9 Å². The van der Waals surface area contributed by atoms with Gasteiger partial charge in [0.2, 0.25) is 0 Å². The lowest BCUT2D eigenvalue weighted by atomic mass is 10.1. The molecule has 0 saturated carbocycles. The largest absolute Gasteiger partial charge is 0.166 e. The van der Waals surface area contributed by atoms with Crippen molar-refractivity contribution in [1.29, 1.82) is 0 Å². The van der Waals surface area contributed by atoms with Crippen molar-refractivity contribution in [2.75, 3.05) is 0 Å². The molecular weight excluding hydrogens is 565 g/mol. The zero-order valence-electron chi connectivity index (χ0n) is 23.2. The van der Waals surface area contributed by atoms with Crippen molar-refractivity contribution in [2.24, 2.45) is 0 Å². The summed E-state index contributed by atoms with van der Waals surface area (Å²) in [6.45, 7) is 2.15. The van der Waals surface area contributed by atoms with E-state index in [4.69, 9.17) is 0 Å². The molecule has 0 N–H and O–H groups in total. The second-order valence-electron chi connectivity index (χ2n) is 10.3. The number of fused-ring (bicyclic) bond motifs is 2. The van der Waals surface area contributed by atoms with Crippen molar-refractivity contribution in [2.45, 2.75) is 41.2 Å². The maximum absolute atomic E-state index is 2.31. The molecule has 0 unspecified atom stereocenters. The molecule has 42 heavy (non-hydrogen) atoms. The van der Waals surface area contributed by atoms with Gasteiger partial charge in [0.25, 0.3) is 0 Å². The monoisotopic (exact) mass is 593 g/mol. The van der Waals surface area contributed by atoms with Gasteiger partial charge in [-0.1, -0.05) is 102 Å². The Bertz CT molecular complexity index is 1850. The molecule has 0 saturated heterocycles. The lowest BCUT2D eigenvalue weighted by Gasteiger charge is -2.10. The van der Waals surface area contributed by atoms with E-state index >= 15 is 0 Å². The predicted octanol–water partition coefficient (Wildman–Crippen LogP) is 11.7. The Hall–Kier alpha value is -3.89. The van der Waals surface area contributed by atoms with Crippen LogP contribution in [0.15, 0.2) is 192 Å². The van der Waals surface area contributed by atoms with Crippen molar-refractivity contribution < 1.29 is 0 Å². The topological polar surface area (TPSA) is 0 Å². The maximum Gasteiger partial charge on any atom is 0.166 e. The van der Waals surface area contributed by atoms with Crippen LogP contribution in [0.3, 0.4) is 0 Å². The average molecular weight is 594 g/mol. The Labute approximate surface area is 259 Å². The molecule has 3 heteroatoms. The van der Waals surface area contributed by atoms with Gasteiger partial charge in [-0.05, 0) is 113 Å². The third-order valence-electron chi connectivity index (χ3n) is 7.29. The van der Waals surface area contributed by atoms with E-state index in [0.717, 1.165) is 0 Å². The van der Waals surface area contributed by atoms with Gasteiger partial charge in [-0.3, -0.25) is 0 Å². The lowest BCUT2D eigenvalue weighted by Crippen LogP contribution is -2.04. The fourth-order valence-electron chi connectivity index (χ4n) is 5.10. The van der Waals surface area contributed by atoms with E-state index in [1.165, 1.54) is 61.4 Å². The zero-order valence-corrected chi connectivity index (χ0v) is 25.7. The first kappa shape index (κ1) is 27.0. The van der Waals surface area contributed by atoms with E-state index in [1.807, 2.05) is 23.5 Å². The standard InChI is InChI=1S/C39H29S3/c1-28-10-20-37(21-11-28)42(38-22-16-33(17-23-38)40-35-14-12-29-6-2-4-8-31(29)26-35)39-24-18-34(19-25-39)41-36-15-13-30-7-3-5-9-32(30)27-36/h2-27H,1H3/q+1. The highest BCUT2D eigenvalue weighted by molar-refractivity contribution is 7.99. The van der Waals surface area contributed by atoms with Gasteiger partial charge in [-0.2, -0.15) is 0 Å². The van der Waals surface area contributed by atoms with Crippen LogP contribution in [0.5, 0.6) is 0 Å². The maximum atomic E-state index is 2.31. The Morgan fingerprint density at radius 2 is 0.714 bits per heavy atom. The minimum absolute atomic E-state index is 0.188. The fourth-order valence-corrected chi connectivity index (χ4v) is 8.88. The molecule has 0 aliphatic carbocycles. The van der Waals surface area contributed by atoms with Crippen molar-refractivity contribution in [3.63, 3.8) is 0 Å². The van der Waals surface area contributed by atoms with Crippen molar-refractivity contribution in [3.05, 3.63) is 163 Å². The molecule has 7 aromatic rings. The lowest BCUT2D eigenvalue weighted by molar-refractivity contribution is 1.26. The fraction of sp³-hybridized carbons (Fsp3) is 0.0256. The van der Waals surface area contributed by atoms with Crippen LogP contribution in [0.25, 0.3) is 21.5 Å². The highest BCUT2D eigenvalue weighted by Gasteiger charge is 2.28. The molecule has 202 valence electrons. The van der Waals surface area contributed by atoms with E-state index in [0.29, 0.717) is 0 Å².